The first-order valence-corrected chi connectivity index (χ1v) is 5.51. The van der Waals surface area contributed by atoms with Crippen LogP contribution in [-0.2, 0) is 4.79 Å². The van der Waals surface area contributed by atoms with Crippen LogP contribution < -0.4 is 20.1 Å². The summed E-state index contributed by atoms with van der Waals surface area (Å²) in [7, 11) is 3.16. The van der Waals surface area contributed by atoms with Gasteiger partial charge in [-0.05, 0) is 12.6 Å². The lowest BCUT2D eigenvalue weighted by Gasteiger charge is -2.12. The van der Waals surface area contributed by atoms with Crippen molar-refractivity contribution in [3.05, 3.63) is 17.7 Å². The van der Waals surface area contributed by atoms with E-state index in [4.69, 9.17) is 9.47 Å². The fourth-order valence-electron chi connectivity index (χ4n) is 1.99. The zero-order valence-electron chi connectivity index (χ0n) is 10.2. The van der Waals surface area contributed by atoms with E-state index in [1.165, 1.54) is 0 Å². The van der Waals surface area contributed by atoms with Crippen molar-refractivity contribution in [2.75, 3.05) is 26.1 Å². The molecule has 2 N–H and O–H groups in total. The van der Waals surface area contributed by atoms with Crippen molar-refractivity contribution in [2.24, 2.45) is 0 Å². The first kappa shape index (κ1) is 11.7. The molecule has 1 aliphatic heterocycles. The van der Waals surface area contributed by atoms with Crippen molar-refractivity contribution in [2.45, 2.75) is 13.0 Å². The molecule has 1 amide bonds. The molecule has 17 heavy (non-hydrogen) atoms. The number of methoxy groups -OCH3 is 2. The quantitative estimate of drug-likeness (QED) is 0.827. The van der Waals surface area contributed by atoms with Gasteiger partial charge in [0.05, 0.1) is 19.9 Å². The maximum atomic E-state index is 11.8. The van der Waals surface area contributed by atoms with Gasteiger partial charge in [0.1, 0.15) is 17.5 Å². The number of rotatable bonds is 4. The first-order chi connectivity index (χ1) is 8.21. The lowest BCUT2D eigenvalue weighted by Crippen LogP contribution is -2.27. The summed E-state index contributed by atoms with van der Waals surface area (Å²) in [6, 6.07) is 3.27. The van der Waals surface area contributed by atoms with Crippen molar-refractivity contribution in [1.82, 2.24) is 5.32 Å². The third kappa shape index (κ3) is 1.93. The minimum Gasteiger partial charge on any atom is -0.497 e. The van der Waals surface area contributed by atoms with E-state index in [1.807, 2.05) is 13.0 Å². The first-order valence-electron chi connectivity index (χ1n) is 5.51. The highest BCUT2D eigenvalue weighted by molar-refractivity contribution is 6.04. The molecular formula is C12H16N2O3. The fourth-order valence-corrected chi connectivity index (χ4v) is 1.99. The molecule has 2 rings (SSSR count). The van der Waals surface area contributed by atoms with E-state index in [0.717, 1.165) is 17.8 Å². The molecule has 1 unspecified atom stereocenters. The Morgan fingerprint density at radius 1 is 1.35 bits per heavy atom. The monoisotopic (exact) mass is 236 g/mol. The zero-order valence-corrected chi connectivity index (χ0v) is 10.2. The van der Waals surface area contributed by atoms with E-state index in [-0.39, 0.29) is 11.9 Å². The summed E-state index contributed by atoms with van der Waals surface area (Å²) in [6.07, 6.45) is 0. The van der Waals surface area contributed by atoms with Gasteiger partial charge in [-0.3, -0.25) is 4.79 Å². The van der Waals surface area contributed by atoms with Gasteiger partial charge in [0.2, 0.25) is 5.91 Å². The van der Waals surface area contributed by atoms with Gasteiger partial charge >= 0.3 is 0 Å². The van der Waals surface area contributed by atoms with Crippen LogP contribution in [0, 0.1) is 0 Å². The molecule has 0 aliphatic carbocycles. The Hall–Kier alpha value is -1.75. The summed E-state index contributed by atoms with van der Waals surface area (Å²) < 4.78 is 10.4. The summed E-state index contributed by atoms with van der Waals surface area (Å²) in [5.41, 5.74) is 1.59. The molecular weight excluding hydrogens is 220 g/mol. The molecule has 5 nitrogen and oxygen atoms in total. The topological polar surface area (TPSA) is 59.6 Å². The van der Waals surface area contributed by atoms with Crippen molar-refractivity contribution < 1.29 is 14.3 Å². The van der Waals surface area contributed by atoms with E-state index in [9.17, 15) is 4.79 Å². The van der Waals surface area contributed by atoms with Crippen LogP contribution in [0.3, 0.4) is 0 Å². The molecule has 92 valence electrons. The van der Waals surface area contributed by atoms with Crippen LogP contribution in [0.5, 0.6) is 11.5 Å². The molecule has 0 saturated heterocycles. The lowest BCUT2D eigenvalue weighted by atomic mass is 10.1. The Morgan fingerprint density at radius 3 is 2.71 bits per heavy atom. The van der Waals surface area contributed by atoms with Crippen LogP contribution >= 0.6 is 0 Å². The summed E-state index contributed by atoms with van der Waals surface area (Å²) in [4.78, 5) is 11.8. The minimum atomic E-state index is -0.334. The van der Waals surface area contributed by atoms with Crippen molar-refractivity contribution in [3.63, 3.8) is 0 Å². The second kappa shape index (κ2) is 4.63. The van der Waals surface area contributed by atoms with E-state index < -0.39 is 0 Å². The number of fused-ring (bicyclic) bond motifs is 1. The highest BCUT2D eigenvalue weighted by atomic mass is 16.5. The van der Waals surface area contributed by atoms with Gasteiger partial charge < -0.3 is 20.1 Å². The number of carbonyl (C=O) groups excluding carboxylic acids is 1. The largest absolute Gasteiger partial charge is 0.497 e. The highest BCUT2D eigenvalue weighted by Crippen LogP contribution is 2.41. The summed E-state index contributed by atoms with van der Waals surface area (Å²) in [6.45, 7) is 2.68. The summed E-state index contributed by atoms with van der Waals surface area (Å²) in [5.74, 6) is 1.24. The molecule has 0 radical (unpaired) electrons. The molecule has 0 bridgehead atoms. The molecule has 0 saturated carbocycles. The Bertz CT molecular complexity index is 446. The molecule has 1 aliphatic rings. The predicted octanol–water partition coefficient (Wildman–Crippen LogP) is 1.31. The summed E-state index contributed by atoms with van der Waals surface area (Å²) in [5, 5.41) is 5.95. The van der Waals surface area contributed by atoms with E-state index in [2.05, 4.69) is 10.6 Å². The number of carbonyl (C=O) groups is 1. The molecule has 0 fully saturated rings. The Morgan fingerprint density at radius 2 is 2.12 bits per heavy atom. The second-order valence-corrected chi connectivity index (χ2v) is 3.77. The Kier molecular flexibility index (Phi) is 3.19. The number of amides is 1. The predicted molar refractivity (Wildman–Crippen MR) is 64.6 cm³/mol. The van der Waals surface area contributed by atoms with Crippen molar-refractivity contribution in [1.29, 1.82) is 0 Å². The van der Waals surface area contributed by atoms with Crippen LogP contribution in [0.2, 0.25) is 0 Å². The van der Waals surface area contributed by atoms with Gasteiger partial charge in [0.25, 0.3) is 0 Å². The molecule has 1 atom stereocenters. The standard InChI is InChI=1S/C12H16N2O3/c1-4-13-11-8-5-7(16-2)6-9(17-3)10(8)14-12(11)15/h5-6,11,13H,4H2,1-3H3,(H,14,15). The lowest BCUT2D eigenvalue weighted by molar-refractivity contribution is -0.117. The Labute approximate surface area is 100 Å². The van der Waals surface area contributed by atoms with Crippen LogP contribution in [0.4, 0.5) is 5.69 Å². The number of anilines is 1. The van der Waals surface area contributed by atoms with Crippen LogP contribution in [0.15, 0.2) is 12.1 Å². The molecule has 0 spiro atoms. The van der Waals surface area contributed by atoms with Gasteiger partial charge in [0, 0.05) is 11.6 Å². The van der Waals surface area contributed by atoms with Crippen molar-refractivity contribution in [3.8, 4) is 11.5 Å². The average Bonchev–Trinajstić information content (AvgIpc) is 2.65. The highest BCUT2D eigenvalue weighted by Gasteiger charge is 2.32. The van der Waals surface area contributed by atoms with E-state index in [1.54, 1.807) is 20.3 Å². The van der Waals surface area contributed by atoms with Crippen molar-refractivity contribution >= 4 is 11.6 Å². The average molecular weight is 236 g/mol. The van der Waals surface area contributed by atoms with Gasteiger partial charge in [0.15, 0.2) is 0 Å². The molecule has 1 aromatic rings. The normalized spacial score (nSPS) is 17.6. The molecule has 0 aromatic heterocycles. The molecule has 5 heteroatoms. The second-order valence-electron chi connectivity index (χ2n) is 3.77. The maximum Gasteiger partial charge on any atom is 0.246 e. The van der Waals surface area contributed by atoms with Gasteiger partial charge in [-0.15, -0.1) is 0 Å². The van der Waals surface area contributed by atoms with Gasteiger partial charge in [-0.2, -0.15) is 0 Å². The third-order valence-corrected chi connectivity index (χ3v) is 2.79. The number of hydrogen-bond donors (Lipinski definition) is 2. The Balaban J connectivity index is 2.49. The zero-order chi connectivity index (χ0) is 12.4. The van der Waals surface area contributed by atoms with E-state index >= 15 is 0 Å². The minimum absolute atomic E-state index is 0.0617. The smallest absolute Gasteiger partial charge is 0.246 e. The van der Waals surface area contributed by atoms with Gasteiger partial charge in [-0.1, -0.05) is 6.92 Å². The molecule has 1 aromatic carbocycles. The van der Waals surface area contributed by atoms with Crippen LogP contribution in [0.25, 0.3) is 0 Å². The van der Waals surface area contributed by atoms with Crippen LogP contribution in [0.1, 0.15) is 18.5 Å². The number of ether oxygens (including phenoxy) is 2. The van der Waals surface area contributed by atoms with Gasteiger partial charge in [-0.25, -0.2) is 0 Å². The number of benzene rings is 1. The van der Waals surface area contributed by atoms with Crippen LogP contribution in [-0.4, -0.2) is 26.7 Å². The maximum absolute atomic E-state index is 11.8. The summed E-state index contributed by atoms with van der Waals surface area (Å²) >= 11 is 0. The molecule has 1 heterocycles. The fraction of sp³-hybridized carbons (Fsp3) is 0.417. The third-order valence-electron chi connectivity index (χ3n) is 2.79. The number of nitrogens with one attached hydrogen (secondary N) is 2. The van der Waals surface area contributed by atoms with E-state index in [0.29, 0.717) is 11.5 Å². The number of hydrogen-bond acceptors (Lipinski definition) is 4. The SMILES string of the molecule is CCNC1C(=O)Nc2c(OC)cc(OC)cc21. The number of likely N-dealkylation sites (N-methyl/N-ethyl adjacent to an activating group) is 1.